The fourth-order valence-electron chi connectivity index (χ4n) is 2.42. The van der Waals surface area contributed by atoms with Gasteiger partial charge in [-0.2, -0.15) is 0 Å². The van der Waals surface area contributed by atoms with Gasteiger partial charge in [-0.15, -0.1) is 0 Å². The number of hydrogen-bond donors (Lipinski definition) is 1. The van der Waals surface area contributed by atoms with E-state index < -0.39 is 0 Å². The zero-order valence-electron chi connectivity index (χ0n) is 10.9. The van der Waals surface area contributed by atoms with Gasteiger partial charge in [-0.25, -0.2) is 4.98 Å². The molecule has 1 fully saturated rings. The van der Waals surface area contributed by atoms with Crippen molar-refractivity contribution in [1.82, 2.24) is 14.9 Å². The largest absolute Gasteiger partial charge is 0.369 e. The molecule has 5 heteroatoms. The number of likely N-dealkylation sites (tertiary alicyclic amines) is 1. The van der Waals surface area contributed by atoms with Gasteiger partial charge in [0.25, 0.3) is 0 Å². The molecule has 1 aliphatic heterocycles. The van der Waals surface area contributed by atoms with Crippen LogP contribution in [0.5, 0.6) is 0 Å². The quantitative estimate of drug-likeness (QED) is 0.834. The summed E-state index contributed by atoms with van der Waals surface area (Å²) < 4.78 is 0. The van der Waals surface area contributed by atoms with E-state index in [9.17, 15) is 0 Å². The molecule has 0 spiro atoms. The maximum atomic E-state index is 5.78. The van der Waals surface area contributed by atoms with Crippen LogP contribution in [0.25, 0.3) is 0 Å². The van der Waals surface area contributed by atoms with Crippen molar-refractivity contribution in [3.63, 3.8) is 0 Å². The number of anilines is 1. The van der Waals surface area contributed by atoms with Crippen LogP contribution in [-0.2, 0) is 0 Å². The van der Waals surface area contributed by atoms with Crippen LogP contribution >= 0.6 is 11.6 Å². The number of aromatic nitrogens is 2. The Balaban J connectivity index is 1.66. The van der Waals surface area contributed by atoms with Gasteiger partial charge in [-0.1, -0.05) is 18.0 Å². The summed E-state index contributed by atoms with van der Waals surface area (Å²) in [6, 6.07) is 0.740. The summed E-state index contributed by atoms with van der Waals surface area (Å²) in [5.41, 5.74) is 0. The third-order valence-electron chi connectivity index (χ3n) is 3.47. The van der Waals surface area contributed by atoms with E-state index in [-0.39, 0.29) is 0 Å². The molecule has 0 saturated carbocycles. The van der Waals surface area contributed by atoms with E-state index in [1.165, 1.54) is 25.8 Å². The summed E-state index contributed by atoms with van der Waals surface area (Å²) in [4.78, 5) is 10.7. The summed E-state index contributed by atoms with van der Waals surface area (Å²) in [5, 5.41) is 3.69. The number of nitrogens with one attached hydrogen (secondary N) is 1. The molecule has 18 heavy (non-hydrogen) atoms. The van der Waals surface area contributed by atoms with E-state index in [0.717, 1.165) is 31.4 Å². The molecule has 4 nitrogen and oxygen atoms in total. The van der Waals surface area contributed by atoms with Crippen molar-refractivity contribution < 1.29 is 0 Å². The maximum absolute atomic E-state index is 5.78. The molecule has 1 N–H and O–H groups in total. The summed E-state index contributed by atoms with van der Waals surface area (Å²) in [7, 11) is 0. The van der Waals surface area contributed by atoms with Crippen molar-refractivity contribution in [2.24, 2.45) is 0 Å². The molecule has 2 heterocycles. The third-order valence-corrected chi connectivity index (χ3v) is 3.66. The van der Waals surface area contributed by atoms with Crippen LogP contribution in [-0.4, -0.2) is 40.5 Å². The molecule has 0 bridgehead atoms. The molecule has 0 amide bonds. The molecule has 1 saturated heterocycles. The smallest absolute Gasteiger partial charge is 0.149 e. The SMILES string of the molecule is CC1CCCCN1CCCNc1cncc(Cl)n1. The highest BCUT2D eigenvalue weighted by atomic mass is 35.5. The standard InChI is InChI=1S/C13H21ClN4/c1-11-5-2-3-7-18(11)8-4-6-16-13-10-15-9-12(14)17-13/h9-11H,2-8H2,1H3,(H,16,17). The molecule has 1 unspecified atom stereocenters. The second kappa shape index (κ2) is 6.90. The Morgan fingerprint density at radius 1 is 1.44 bits per heavy atom. The van der Waals surface area contributed by atoms with Gasteiger partial charge in [-0.05, 0) is 32.7 Å². The summed E-state index contributed by atoms with van der Waals surface area (Å²) >= 11 is 5.78. The normalized spacial score (nSPS) is 20.9. The van der Waals surface area contributed by atoms with Crippen LogP contribution < -0.4 is 5.32 Å². The molecule has 2 rings (SSSR count). The molecule has 1 aromatic rings. The summed E-state index contributed by atoms with van der Waals surface area (Å²) in [5.74, 6) is 0.759. The Bertz CT molecular complexity index is 372. The molecule has 0 aromatic carbocycles. The average Bonchev–Trinajstić information content (AvgIpc) is 2.37. The summed E-state index contributed by atoms with van der Waals surface area (Å²) in [6.07, 6.45) is 8.44. The zero-order chi connectivity index (χ0) is 12.8. The fraction of sp³-hybridized carbons (Fsp3) is 0.692. The molecule has 1 aromatic heterocycles. The zero-order valence-corrected chi connectivity index (χ0v) is 11.7. The van der Waals surface area contributed by atoms with Crippen molar-refractivity contribution in [3.8, 4) is 0 Å². The predicted octanol–water partition coefficient (Wildman–Crippen LogP) is 2.81. The highest BCUT2D eigenvalue weighted by Crippen LogP contribution is 2.16. The van der Waals surface area contributed by atoms with E-state index in [1.54, 1.807) is 12.4 Å². The van der Waals surface area contributed by atoms with E-state index in [1.807, 2.05) is 0 Å². The first-order chi connectivity index (χ1) is 8.75. The predicted molar refractivity (Wildman–Crippen MR) is 75.0 cm³/mol. The van der Waals surface area contributed by atoms with Gasteiger partial charge in [0.05, 0.1) is 12.4 Å². The molecule has 1 atom stereocenters. The molecular weight excluding hydrogens is 248 g/mol. The van der Waals surface area contributed by atoms with Crippen LogP contribution in [0.4, 0.5) is 5.82 Å². The van der Waals surface area contributed by atoms with Crippen LogP contribution in [0, 0.1) is 0 Å². The first-order valence-corrected chi connectivity index (χ1v) is 7.09. The Morgan fingerprint density at radius 2 is 2.33 bits per heavy atom. The minimum Gasteiger partial charge on any atom is -0.369 e. The van der Waals surface area contributed by atoms with Gasteiger partial charge in [-0.3, -0.25) is 4.98 Å². The Morgan fingerprint density at radius 3 is 3.11 bits per heavy atom. The van der Waals surface area contributed by atoms with Crippen LogP contribution in [0.2, 0.25) is 5.15 Å². The van der Waals surface area contributed by atoms with Crippen molar-refractivity contribution in [1.29, 1.82) is 0 Å². The van der Waals surface area contributed by atoms with Gasteiger partial charge < -0.3 is 10.2 Å². The molecule has 0 aliphatic carbocycles. The van der Waals surface area contributed by atoms with E-state index >= 15 is 0 Å². The first-order valence-electron chi connectivity index (χ1n) is 6.71. The molecule has 1 aliphatic rings. The second-order valence-corrected chi connectivity index (χ2v) is 5.28. The van der Waals surface area contributed by atoms with Gasteiger partial charge in [0.1, 0.15) is 11.0 Å². The molecular formula is C13H21ClN4. The fourth-order valence-corrected chi connectivity index (χ4v) is 2.56. The van der Waals surface area contributed by atoms with Crippen LogP contribution in [0.3, 0.4) is 0 Å². The number of hydrogen-bond acceptors (Lipinski definition) is 4. The molecule has 0 radical (unpaired) electrons. The lowest BCUT2D eigenvalue weighted by molar-refractivity contribution is 0.160. The van der Waals surface area contributed by atoms with Gasteiger partial charge in [0.2, 0.25) is 0 Å². The lowest BCUT2D eigenvalue weighted by Gasteiger charge is -2.33. The van der Waals surface area contributed by atoms with Crippen LogP contribution in [0.15, 0.2) is 12.4 Å². The van der Waals surface area contributed by atoms with Crippen molar-refractivity contribution in [2.45, 2.75) is 38.6 Å². The molecule has 100 valence electrons. The minimum atomic E-state index is 0.435. The van der Waals surface area contributed by atoms with Crippen LogP contribution in [0.1, 0.15) is 32.6 Å². The number of halogens is 1. The highest BCUT2D eigenvalue weighted by molar-refractivity contribution is 6.29. The third kappa shape index (κ3) is 4.10. The van der Waals surface area contributed by atoms with Crippen molar-refractivity contribution in [2.75, 3.05) is 25.0 Å². The van der Waals surface area contributed by atoms with Gasteiger partial charge in [0.15, 0.2) is 0 Å². The number of nitrogens with zero attached hydrogens (tertiary/aromatic N) is 3. The van der Waals surface area contributed by atoms with E-state index in [0.29, 0.717) is 5.15 Å². The highest BCUT2D eigenvalue weighted by Gasteiger charge is 2.16. The van der Waals surface area contributed by atoms with Gasteiger partial charge in [0, 0.05) is 19.1 Å². The monoisotopic (exact) mass is 268 g/mol. The average molecular weight is 269 g/mol. The maximum Gasteiger partial charge on any atom is 0.149 e. The Kier molecular flexibility index (Phi) is 5.20. The second-order valence-electron chi connectivity index (χ2n) is 4.89. The van der Waals surface area contributed by atoms with Crippen molar-refractivity contribution in [3.05, 3.63) is 17.5 Å². The van der Waals surface area contributed by atoms with E-state index in [2.05, 4.69) is 27.1 Å². The van der Waals surface area contributed by atoms with Crippen molar-refractivity contribution >= 4 is 17.4 Å². The number of rotatable bonds is 5. The minimum absolute atomic E-state index is 0.435. The first kappa shape index (κ1) is 13.6. The number of piperidine rings is 1. The van der Waals surface area contributed by atoms with Gasteiger partial charge >= 0.3 is 0 Å². The van der Waals surface area contributed by atoms with E-state index in [4.69, 9.17) is 11.6 Å². The lowest BCUT2D eigenvalue weighted by Crippen LogP contribution is -2.38. The lowest BCUT2D eigenvalue weighted by atomic mass is 10.0. The topological polar surface area (TPSA) is 41.0 Å². The summed E-state index contributed by atoms with van der Waals surface area (Å²) in [6.45, 7) is 5.65. The Hall–Kier alpha value is -0.870. The Labute approximate surface area is 114 Å².